The van der Waals surface area contributed by atoms with Gasteiger partial charge in [-0.15, -0.1) is 11.8 Å². The summed E-state index contributed by atoms with van der Waals surface area (Å²) in [7, 11) is 0. The molecule has 0 spiro atoms. The summed E-state index contributed by atoms with van der Waals surface area (Å²) in [6.07, 6.45) is 0.835. The molecule has 0 saturated heterocycles. The highest BCUT2D eigenvalue weighted by Gasteiger charge is 2.02. The van der Waals surface area contributed by atoms with Gasteiger partial charge in [-0.25, -0.2) is 0 Å². The highest BCUT2D eigenvalue weighted by molar-refractivity contribution is 8.00. The largest absolute Gasteiger partial charge is 0.396 e. The van der Waals surface area contributed by atoms with Crippen molar-refractivity contribution >= 4 is 29.4 Å². The van der Waals surface area contributed by atoms with Crippen LogP contribution >= 0.6 is 23.5 Å². The van der Waals surface area contributed by atoms with Gasteiger partial charge in [0.2, 0.25) is 5.91 Å². The molecule has 0 unspecified atom stereocenters. The van der Waals surface area contributed by atoms with Crippen LogP contribution in [0.25, 0.3) is 0 Å². The standard InChI is InChI=1S/C10H21NO2S2/c1-9(2)15-8-10(13)11-4-7-14-6-3-5-12/h9,12H,3-8H2,1-2H3,(H,11,13). The summed E-state index contributed by atoms with van der Waals surface area (Å²) >= 11 is 3.42. The molecule has 0 radical (unpaired) electrons. The third kappa shape index (κ3) is 12.1. The van der Waals surface area contributed by atoms with E-state index in [2.05, 4.69) is 19.2 Å². The van der Waals surface area contributed by atoms with Crippen LogP contribution in [0.3, 0.4) is 0 Å². The minimum absolute atomic E-state index is 0.122. The first-order valence-electron chi connectivity index (χ1n) is 5.23. The SMILES string of the molecule is CC(C)SCC(=O)NCCSCCCO. The van der Waals surface area contributed by atoms with Crippen LogP contribution in [0.1, 0.15) is 20.3 Å². The summed E-state index contributed by atoms with van der Waals surface area (Å²) in [5.74, 6) is 2.57. The molecule has 0 rings (SSSR count). The smallest absolute Gasteiger partial charge is 0.230 e. The molecule has 0 aromatic heterocycles. The quantitative estimate of drug-likeness (QED) is 0.608. The first-order chi connectivity index (χ1) is 7.16. The minimum Gasteiger partial charge on any atom is -0.396 e. The Labute approximate surface area is 101 Å². The Balaban J connectivity index is 3.17. The molecule has 1 amide bonds. The van der Waals surface area contributed by atoms with Crippen LogP contribution in [0.15, 0.2) is 0 Å². The first kappa shape index (κ1) is 15.1. The Hall–Kier alpha value is 0.130. The van der Waals surface area contributed by atoms with Gasteiger partial charge in [0.25, 0.3) is 0 Å². The van der Waals surface area contributed by atoms with E-state index in [-0.39, 0.29) is 12.5 Å². The zero-order valence-electron chi connectivity index (χ0n) is 9.49. The Bertz CT molecular complexity index is 166. The fraction of sp³-hybridized carbons (Fsp3) is 0.900. The summed E-state index contributed by atoms with van der Waals surface area (Å²) in [6, 6.07) is 0. The molecule has 2 N–H and O–H groups in total. The van der Waals surface area contributed by atoms with Crippen molar-refractivity contribution in [3.8, 4) is 0 Å². The van der Waals surface area contributed by atoms with E-state index >= 15 is 0 Å². The van der Waals surface area contributed by atoms with Crippen molar-refractivity contribution in [2.45, 2.75) is 25.5 Å². The highest BCUT2D eigenvalue weighted by Crippen LogP contribution is 2.07. The number of nitrogens with one attached hydrogen (secondary N) is 1. The van der Waals surface area contributed by atoms with Crippen molar-refractivity contribution in [3.63, 3.8) is 0 Å². The van der Waals surface area contributed by atoms with Crippen molar-refractivity contribution < 1.29 is 9.90 Å². The fourth-order valence-corrected chi connectivity index (χ4v) is 2.20. The molecule has 0 atom stereocenters. The zero-order chi connectivity index (χ0) is 11.5. The van der Waals surface area contributed by atoms with Gasteiger partial charge < -0.3 is 10.4 Å². The van der Waals surface area contributed by atoms with Gasteiger partial charge in [0, 0.05) is 18.9 Å². The summed E-state index contributed by atoms with van der Waals surface area (Å²) in [4.78, 5) is 11.3. The molecule has 3 nitrogen and oxygen atoms in total. The lowest BCUT2D eigenvalue weighted by Gasteiger charge is -2.06. The monoisotopic (exact) mass is 251 g/mol. The minimum atomic E-state index is 0.122. The van der Waals surface area contributed by atoms with Gasteiger partial charge in [0.05, 0.1) is 5.75 Å². The highest BCUT2D eigenvalue weighted by atomic mass is 32.2. The van der Waals surface area contributed by atoms with Crippen LogP contribution in [0.5, 0.6) is 0 Å². The molecule has 15 heavy (non-hydrogen) atoms. The van der Waals surface area contributed by atoms with Gasteiger partial charge in [0.15, 0.2) is 0 Å². The van der Waals surface area contributed by atoms with Crippen LogP contribution < -0.4 is 5.32 Å². The van der Waals surface area contributed by atoms with Crippen LogP contribution in [0.4, 0.5) is 0 Å². The number of amides is 1. The topological polar surface area (TPSA) is 49.3 Å². The Kier molecular flexibility index (Phi) is 10.7. The number of thioether (sulfide) groups is 2. The van der Waals surface area contributed by atoms with Crippen molar-refractivity contribution in [1.82, 2.24) is 5.32 Å². The number of hydrogen-bond donors (Lipinski definition) is 2. The molecule has 0 aliphatic carbocycles. The number of aliphatic hydroxyl groups is 1. The molecule has 0 aromatic rings. The number of hydrogen-bond acceptors (Lipinski definition) is 4. The second kappa shape index (κ2) is 10.6. The second-order valence-electron chi connectivity index (χ2n) is 3.40. The van der Waals surface area contributed by atoms with Crippen LogP contribution in [-0.2, 0) is 4.79 Å². The van der Waals surface area contributed by atoms with E-state index < -0.39 is 0 Å². The van der Waals surface area contributed by atoms with Gasteiger partial charge in [-0.1, -0.05) is 13.8 Å². The molecule has 0 aromatic carbocycles. The average Bonchev–Trinajstić information content (AvgIpc) is 2.20. The Morgan fingerprint density at radius 3 is 2.73 bits per heavy atom. The lowest BCUT2D eigenvalue weighted by atomic mass is 10.5. The van der Waals surface area contributed by atoms with Gasteiger partial charge in [-0.2, -0.15) is 11.8 Å². The summed E-state index contributed by atoms with van der Waals surface area (Å²) < 4.78 is 0. The second-order valence-corrected chi connectivity index (χ2v) is 6.19. The molecule has 90 valence electrons. The van der Waals surface area contributed by atoms with E-state index in [1.54, 1.807) is 23.5 Å². The summed E-state index contributed by atoms with van der Waals surface area (Å²) in [5.41, 5.74) is 0. The van der Waals surface area contributed by atoms with E-state index in [9.17, 15) is 4.79 Å². The van der Waals surface area contributed by atoms with Crippen molar-refractivity contribution in [2.24, 2.45) is 0 Å². The zero-order valence-corrected chi connectivity index (χ0v) is 11.1. The lowest BCUT2D eigenvalue weighted by molar-refractivity contribution is -0.118. The predicted molar refractivity (Wildman–Crippen MR) is 69.6 cm³/mol. The molecule has 0 heterocycles. The number of aliphatic hydroxyl groups excluding tert-OH is 1. The molecule has 0 aliphatic heterocycles. The number of carbonyl (C=O) groups excluding carboxylic acids is 1. The maximum absolute atomic E-state index is 11.3. The predicted octanol–water partition coefficient (Wildman–Crippen LogP) is 1.36. The summed E-state index contributed by atoms with van der Waals surface area (Å²) in [5, 5.41) is 11.9. The van der Waals surface area contributed by atoms with E-state index in [1.807, 2.05) is 0 Å². The molecule has 0 bridgehead atoms. The third-order valence-corrected chi connectivity index (χ3v) is 3.73. The Morgan fingerprint density at radius 2 is 2.13 bits per heavy atom. The molecule has 0 aliphatic rings. The number of carbonyl (C=O) groups is 1. The number of rotatable bonds is 9. The first-order valence-corrected chi connectivity index (χ1v) is 7.44. The van der Waals surface area contributed by atoms with Gasteiger partial charge in [-0.3, -0.25) is 4.79 Å². The molecular weight excluding hydrogens is 230 g/mol. The molecule has 0 saturated carbocycles. The Morgan fingerprint density at radius 1 is 1.40 bits per heavy atom. The maximum Gasteiger partial charge on any atom is 0.230 e. The maximum atomic E-state index is 11.3. The van der Waals surface area contributed by atoms with E-state index in [0.29, 0.717) is 11.0 Å². The average molecular weight is 251 g/mol. The molecular formula is C10H21NO2S2. The normalized spacial score (nSPS) is 10.7. The van der Waals surface area contributed by atoms with Gasteiger partial charge in [-0.05, 0) is 17.4 Å². The van der Waals surface area contributed by atoms with E-state index in [1.165, 1.54) is 0 Å². The van der Waals surface area contributed by atoms with E-state index in [0.717, 1.165) is 24.5 Å². The fourth-order valence-electron chi connectivity index (χ4n) is 0.825. The lowest BCUT2D eigenvalue weighted by Crippen LogP contribution is -2.27. The van der Waals surface area contributed by atoms with Crippen LogP contribution in [0, 0.1) is 0 Å². The van der Waals surface area contributed by atoms with Crippen molar-refractivity contribution in [1.29, 1.82) is 0 Å². The van der Waals surface area contributed by atoms with E-state index in [4.69, 9.17) is 5.11 Å². The van der Waals surface area contributed by atoms with Crippen molar-refractivity contribution in [2.75, 3.05) is 30.4 Å². The van der Waals surface area contributed by atoms with Crippen molar-refractivity contribution in [3.05, 3.63) is 0 Å². The van der Waals surface area contributed by atoms with Gasteiger partial charge in [0.1, 0.15) is 0 Å². The summed E-state index contributed by atoms with van der Waals surface area (Å²) in [6.45, 7) is 5.16. The molecule has 0 fully saturated rings. The van der Waals surface area contributed by atoms with Crippen LogP contribution in [-0.4, -0.2) is 46.7 Å². The third-order valence-electron chi connectivity index (χ3n) is 1.56. The van der Waals surface area contributed by atoms with Gasteiger partial charge >= 0.3 is 0 Å². The molecule has 5 heteroatoms. The van der Waals surface area contributed by atoms with Crippen LogP contribution in [0.2, 0.25) is 0 Å².